The van der Waals surface area contributed by atoms with E-state index in [0.29, 0.717) is 11.4 Å². The van der Waals surface area contributed by atoms with Crippen LogP contribution in [0.25, 0.3) is 0 Å². The van der Waals surface area contributed by atoms with Crippen molar-refractivity contribution in [2.24, 2.45) is 0 Å². The van der Waals surface area contributed by atoms with Crippen molar-refractivity contribution >= 4 is 23.3 Å². The second-order valence-corrected chi connectivity index (χ2v) is 5.41. The molecule has 1 atom stereocenters. The summed E-state index contributed by atoms with van der Waals surface area (Å²) < 4.78 is 15.0. The van der Waals surface area contributed by atoms with E-state index in [-0.39, 0.29) is 17.0 Å². The molecule has 0 bridgehead atoms. The normalized spacial score (nSPS) is 11.2. The number of rotatable bonds is 7. The molecule has 0 aliphatic heterocycles. The zero-order chi connectivity index (χ0) is 20.0. The van der Waals surface area contributed by atoms with Crippen molar-refractivity contribution in [1.29, 1.82) is 0 Å². The standard InChI is InChI=1S/C18H18N2O7/c1-11(17(21)19-13-5-4-6-14(10-13)25-2)27-18(22)12-7-8-16(26-3)15(9-12)20(23)24/h4-11H,1-3H3,(H,19,21)/t11-/m1/s1. The van der Waals surface area contributed by atoms with Crippen molar-refractivity contribution in [3.05, 3.63) is 58.1 Å². The number of anilines is 1. The monoisotopic (exact) mass is 374 g/mol. The smallest absolute Gasteiger partial charge is 0.339 e. The minimum absolute atomic E-state index is 0.0142. The molecule has 0 aromatic heterocycles. The molecule has 1 amide bonds. The third-order valence-corrected chi connectivity index (χ3v) is 3.60. The fraction of sp³-hybridized carbons (Fsp3) is 0.222. The molecule has 2 aromatic carbocycles. The van der Waals surface area contributed by atoms with Crippen molar-refractivity contribution in [1.82, 2.24) is 0 Å². The van der Waals surface area contributed by atoms with Gasteiger partial charge in [-0.05, 0) is 31.2 Å². The highest BCUT2D eigenvalue weighted by Gasteiger charge is 2.23. The minimum atomic E-state index is -1.12. The Hall–Kier alpha value is -3.62. The van der Waals surface area contributed by atoms with E-state index in [9.17, 15) is 19.7 Å². The first kappa shape index (κ1) is 19.7. The summed E-state index contributed by atoms with van der Waals surface area (Å²) in [6.45, 7) is 1.39. The molecule has 0 spiro atoms. The van der Waals surface area contributed by atoms with E-state index in [1.54, 1.807) is 24.3 Å². The van der Waals surface area contributed by atoms with E-state index in [4.69, 9.17) is 14.2 Å². The predicted octanol–water partition coefficient (Wildman–Crippen LogP) is 2.80. The maximum atomic E-state index is 12.2. The Morgan fingerprint density at radius 1 is 1.11 bits per heavy atom. The van der Waals surface area contributed by atoms with Crippen LogP contribution >= 0.6 is 0 Å². The largest absolute Gasteiger partial charge is 0.497 e. The van der Waals surface area contributed by atoms with Gasteiger partial charge in [-0.2, -0.15) is 0 Å². The number of nitro groups is 1. The van der Waals surface area contributed by atoms with Crippen LogP contribution in [-0.4, -0.2) is 37.1 Å². The fourth-order valence-corrected chi connectivity index (χ4v) is 2.19. The van der Waals surface area contributed by atoms with Crippen LogP contribution in [0.1, 0.15) is 17.3 Å². The van der Waals surface area contributed by atoms with E-state index in [1.807, 2.05) is 0 Å². The lowest BCUT2D eigenvalue weighted by Gasteiger charge is -2.14. The number of nitrogens with zero attached hydrogens (tertiary/aromatic N) is 1. The number of hydrogen-bond acceptors (Lipinski definition) is 7. The first-order valence-electron chi connectivity index (χ1n) is 7.84. The van der Waals surface area contributed by atoms with Crippen molar-refractivity contribution in [3.63, 3.8) is 0 Å². The summed E-state index contributed by atoms with van der Waals surface area (Å²) in [5, 5.41) is 13.6. The Morgan fingerprint density at radius 3 is 2.48 bits per heavy atom. The highest BCUT2D eigenvalue weighted by atomic mass is 16.6. The Labute approximate surface area is 155 Å². The van der Waals surface area contributed by atoms with Gasteiger partial charge in [0.2, 0.25) is 0 Å². The Bertz CT molecular complexity index is 867. The van der Waals surface area contributed by atoms with Gasteiger partial charge in [0, 0.05) is 17.8 Å². The second kappa shape index (κ2) is 8.65. The van der Waals surface area contributed by atoms with Gasteiger partial charge in [-0.25, -0.2) is 4.79 Å². The quantitative estimate of drug-likeness (QED) is 0.450. The summed E-state index contributed by atoms with van der Waals surface area (Å²) in [6, 6.07) is 10.3. The van der Waals surface area contributed by atoms with Crippen LogP contribution in [-0.2, 0) is 9.53 Å². The van der Waals surface area contributed by atoms with Crippen LogP contribution in [0.4, 0.5) is 11.4 Å². The lowest BCUT2D eigenvalue weighted by molar-refractivity contribution is -0.385. The van der Waals surface area contributed by atoms with Gasteiger partial charge in [-0.1, -0.05) is 6.07 Å². The average molecular weight is 374 g/mol. The van der Waals surface area contributed by atoms with Crippen molar-refractivity contribution in [2.45, 2.75) is 13.0 Å². The summed E-state index contributed by atoms with van der Waals surface area (Å²) in [5.41, 5.74) is 0.0336. The summed E-state index contributed by atoms with van der Waals surface area (Å²) in [4.78, 5) is 34.8. The molecule has 0 unspecified atom stereocenters. The molecule has 0 saturated heterocycles. The molecular weight excluding hydrogens is 356 g/mol. The van der Waals surface area contributed by atoms with Gasteiger partial charge < -0.3 is 19.5 Å². The van der Waals surface area contributed by atoms with Gasteiger partial charge >= 0.3 is 11.7 Å². The van der Waals surface area contributed by atoms with Gasteiger partial charge in [0.05, 0.1) is 24.7 Å². The third kappa shape index (κ3) is 4.94. The molecule has 2 aromatic rings. The number of carbonyl (C=O) groups excluding carboxylic acids is 2. The van der Waals surface area contributed by atoms with E-state index in [1.165, 1.54) is 33.3 Å². The van der Waals surface area contributed by atoms with Crippen LogP contribution in [0.15, 0.2) is 42.5 Å². The van der Waals surface area contributed by atoms with Crippen molar-refractivity contribution < 1.29 is 28.7 Å². The number of hydrogen-bond donors (Lipinski definition) is 1. The molecule has 27 heavy (non-hydrogen) atoms. The van der Waals surface area contributed by atoms with E-state index in [2.05, 4.69) is 5.32 Å². The Kier molecular flexibility index (Phi) is 6.32. The molecule has 2 rings (SSSR count). The molecular formula is C18H18N2O7. The summed E-state index contributed by atoms with van der Waals surface area (Å²) in [6.07, 6.45) is -1.12. The second-order valence-electron chi connectivity index (χ2n) is 5.41. The number of carbonyl (C=O) groups is 2. The van der Waals surface area contributed by atoms with Crippen LogP contribution < -0.4 is 14.8 Å². The van der Waals surface area contributed by atoms with Crippen LogP contribution in [0.2, 0.25) is 0 Å². The predicted molar refractivity (Wildman–Crippen MR) is 96.1 cm³/mol. The van der Waals surface area contributed by atoms with Gasteiger partial charge in [0.1, 0.15) is 5.75 Å². The van der Waals surface area contributed by atoms with E-state index in [0.717, 1.165) is 6.07 Å². The molecule has 0 aliphatic rings. The zero-order valence-corrected chi connectivity index (χ0v) is 14.9. The third-order valence-electron chi connectivity index (χ3n) is 3.60. The molecule has 0 heterocycles. The number of methoxy groups -OCH3 is 2. The van der Waals surface area contributed by atoms with Crippen molar-refractivity contribution in [2.75, 3.05) is 19.5 Å². The molecule has 142 valence electrons. The molecule has 0 radical (unpaired) electrons. The summed E-state index contributed by atoms with van der Waals surface area (Å²) in [5.74, 6) is -0.850. The van der Waals surface area contributed by atoms with E-state index >= 15 is 0 Å². The van der Waals surface area contributed by atoms with Crippen LogP contribution in [0, 0.1) is 10.1 Å². The molecule has 9 nitrogen and oxygen atoms in total. The molecule has 0 fully saturated rings. The minimum Gasteiger partial charge on any atom is -0.497 e. The Balaban J connectivity index is 2.07. The zero-order valence-electron chi connectivity index (χ0n) is 14.9. The maximum absolute atomic E-state index is 12.2. The maximum Gasteiger partial charge on any atom is 0.339 e. The molecule has 9 heteroatoms. The number of benzene rings is 2. The van der Waals surface area contributed by atoms with Crippen LogP contribution in [0.3, 0.4) is 0 Å². The van der Waals surface area contributed by atoms with Crippen LogP contribution in [0.5, 0.6) is 11.5 Å². The number of amides is 1. The fourth-order valence-electron chi connectivity index (χ4n) is 2.19. The first-order valence-corrected chi connectivity index (χ1v) is 7.84. The Morgan fingerprint density at radius 2 is 1.85 bits per heavy atom. The molecule has 0 aliphatic carbocycles. The van der Waals surface area contributed by atoms with Gasteiger partial charge in [-0.3, -0.25) is 14.9 Å². The van der Waals surface area contributed by atoms with Gasteiger partial charge in [0.15, 0.2) is 11.9 Å². The highest BCUT2D eigenvalue weighted by Crippen LogP contribution is 2.28. The number of nitrogens with one attached hydrogen (secondary N) is 1. The first-order chi connectivity index (χ1) is 12.8. The number of nitro benzene ring substituents is 1. The topological polar surface area (TPSA) is 117 Å². The molecule has 0 saturated carbocycles. The van der Waals surface area contributed by atoms with E-state index < -0.39 is 22.9 Å². The summed E-state index contributed by atoms with van der Waals surface area (Å²) in [7, 11) is 2.78. The average Bonchev–Trinajstić information content (AvgIpc) is 2.67. The number of ether oxygens (including phenoxy) is 3. The SMILES string of the molecule is COc1cccc(NC(=O)[C@@H](C)OC(=O)c2ccc(OC)c([N+](=O)[O-])c2)c1. The lowest BCUT2D eigenvalue weighted by Crippen LogP contribution is -2.30. The molecule has 1 N–H and O–H groups in total. The van der Waals surface area contributed by atoms with Gasteiger partial charge in [0.25, 0.3) is 5.91 Å². The van der Waals surface area contributed by atoms with Crippen molar-refractivity contribution in [3.8, 4) is 11.5 Å². The lowest BCUT2D eigenvalue weighted by atomic mass is 10.2. The highest BCUT2D eigenvalue weighted by molar-refractivity contribution is 5.97. The van der Waals surface area contributed by atoms with Gasteiger partial charge in [-0.15, -0.1) is 0 Å². The summed E-state index contributed by atoms with van der Waals surface area (Å²) >= 11 is 0. The number of esters is 1.